The molecule has 5 heteroatoms. The molecule has 0 spiro atoms. The summed E-state index contributed by atoms with van der Waals surface area (Å²) in [7, 11) is -2.84. The van der Waals surface area contributed by atoms with E-state index < -0.39 is 20.3 Å². The van der Waals surface area contributed by atoms with Crippen LogP contribution in [0.25, 0.3) is 0 Å². The molecule has 0 aliphatic carbocycles. The van der Waals surface area contributed by atoms with Gasteiger partial charge in [0.05, 0.1) is 0 Å². The summed E-state index contributed by atoms with van der Waals surface area (Å²) in [5.41, 5.74) is -0.463. The van der Waals surface area contributed by atoms with Gasteiger partial charge in [0.1, 0.15) is 5.73 Å². The van der Waals surface area contributed by atoms with E-state index in [-0.39, 0.29) is 0 Å². The number of rotatable bonds is 8. The standard InChI is InChI=1S/C15H22O4Si/c1-5-15(16)19-13(4)20(17-6-2,18-7-3)14-11-9-8-10-12-14/h5,8-13H,1,6-7H2,2-4H3. The second-order valence-corrected chi connectivity index (χ2v) is 7.49. The summed E-state index contributed by atoms with van der Waals surface area (Å²) in [6.07, 6.45) is 1.15. The Morgan fingerprint density at radius 3 is 2.25 bits per heavy atom. The van der Waals surface area contributed by atoms with Crippen LogP contribution in [0, 0.1) is 0 Å². The predicted octanol–water partition coefficient (Wildman–Crippen LogP) is 2.07. The zero-order valence-corrected chi connectivity index (χ0v) is 13.3. The zero-order chi connectivity index (χ0) is 15.0. The molecule has 20 heavy (non-hydrogen) atoms. The summed E-state index contributed by atoms with van der Waals surface area (Å²) in [6.45, 7) is 10.0. The summed E-state index contributed by atoms with van der Waals surface area (Å²) >= 11 is 0. The van der Waals surface area contributed by atoms with Gasteiger partial charge in [0.2, 0.25) is 0 Å². The van der Waals surface area contributed by atoms with Crippen LogP contribution in [-0.2, 0) is 18.4 Å². The molecule has 1 atom stereocenters. The lowest BCUT2D eigenvalue weighted by atomic mass is 10.4. The Bertz CT molecular complexity index is 427. The molecule has 0 bridgehead atoms. The molecule has 1 unspecified atom stereocenters. The van der Waals surface area contributed by atoms with Crippen molar-refractivity contribution < 1.29 is 18.4 Å². The smallest absolute Gasteiger partial charge is 0.414 e. The molecule has 1 rings (SSSR count). The minimum atomic E-state index is -2.84. The first-order valence-electron chi connectivity index (χ1n) is 6.77. The molecule has 0 aromatic heterocycles. The van der Waals surface area contributed by atoms with Crippen molar-refractivity contribution in [3.05, 3.63) is 43.0 Å². The molecule has 0 amide bonds. The van der Waals surface area contributed by atoms with Crippen LogP contribution in [0.4, 0.5) is 0 Å². The third kappa shape index (κ3) is 3.79. The van der Waals surface area contributed by atoms with Crippen molar-refractivity contribution in [2.45, 2.75) is 26.5 Å². The molecule has 0 saturated carbocycles. The minimum absolute atomic E-state index is 0.463. The van der Waals surface area contributed by atoms with Gasteiger partial charge in [0.15, 0.2) is 0 Å². The maximum absolute atomic E-state index is 11.5. The van der Waals surface area contributed by atoms with Gasteiger partial charge in [-0.05, 0) is 26.0 Å². The Kier molecular flexibility index (Phi) is 6.64. The number of hydrogen-bond donors (Lipinski definition) is 0. The van der Waals surface area contributed by atoms with Crippen LogP contribution >= 0.6 is 0 Å². The Balaban J connectivity index is 3.16. The van der Waals surface area contributed by atoms with Gasteiger partial charge < -0.3 is 13.6 Å². The fourth-order valence-corrected chi connectivity index (χ4v) is 5.22. The maximum Gasteiger partial charge on any atom is 0.414 e. The maximum atomic E-state index is 11.5. The second-order valence-electron chi connectivity index (χ2n) is 4.18. The molecule has 4 nitrogen and oxygen atoms in total. The van der Waals surface area contributed by atoms with Gasteiger partial charge in [-0.1, -0.05) is 36.9 Å². The lowest BCUT2D eigenvalue weighted by molar-refractivity contribution is -0.140. The van der Waals surface area contributed by atoms with E-state index in [4.69, 9.17) is 13.6 Å². The number of carbonyl (C=O) groups excluding carboxylic acids is 1. The van der Waals surface area contributed by atoms with Gasteiger partial charge in [-0.15, -0.1) is 0 Å². The molecule has 1 aromatic rings. The molecule has 0 aliphatic heterocycles. The summed E-state index contributed by atoms with van der Waals surface area (Å²) in [4.78, 5) is 11.5. The van der Waals surface area contributed by atoms with Crippen LogP contribution < -0.4 is 5.19 Å². The first kappa shape index (κ1) is 16.6. The largest absolute Gasteiger partial charge is 0.457 e. The number of hydrogen-bond acceptors (Lipinski definition) is 4. The van der Waals surface area contributed by atoms with Crippen LogP contribution in [0.5, 0.6) is 0 Å². The van der Waals surface area contributed by atoms with Crippen LogP contribution in [0.1, 0.15) is 20.8 Å². The van der Waals surface area contributed by atoms with Crippen LogP contribution in [-0.4, -0.2) is 33.5 Å². The highest BCUT2D eigenvalue weighted by Crippen LogP contribution is 2.17. The summed E-state index contributed by atoms with van der Waals surface area (Å²) < 4.78 is 17.3. The molecule has 110 valence electrons. The Hall–Kier alpha value is -1.43. The number of ether oxygens (including phenoxy) is 1. The van der Waals surface area contributed by atoms with E-state index in [1.54, 1.807) is 0 Å². The van der Waals surface area contributed by atoms with Crippen LogP contribution in [0.15, 0.2) is 43.0 Å². The topological polar surface area (TPSA) is 44.8 Å². The van der Waals surface area contributed by atoms with Crippen molar-refractivity contribution in [2.75, 3.05) is 13.2 Å². The Morgan fingerprint density at radius 2 is 1.80 bits per heavy atom. The van der Waals surface area contributed by atoms with Gasteiger partial charge in [0, 0.05) is 19.3 Å². The SMILES string of the molecule is C=CC(=O)OC(C)[Si](OCC)(OCC)c1ccccc1. The lowest BCUT2D eigenvalue weighted by Crippen LogP contribution is -2.63. The van der Waals surface area contributed by atoms with Crippen molar-refractivity contribution in [2.24, 2.45) is 0 Å². The van der Waals surface area contributed by atoms with E-state index in [0.29, 0.717) is 13.2 Å². The van der Waals surface area contributed by atoms with Crippen molar-refractivity contribution >= 4 is 19.7 Å². The summed E-state index contributed by atoms with van der Waals surface area (Å²) in [5, 5.41) is 0.952. The van der Waals surface area contributed by atoms with Gasteiger partial charge in [0.25, 0.3) is 0 Å². The van der Waals surface area contributed by atoms with E-state index in [1.807, 2.05) is 51.1 Å². The normalized spacial score (nSPS) is 12.8. The van der Waals surface area contributed by atoms with Gasteiger partial charge in [-0.2, -0.15) is 0 Å². The molecular weight excluding hydrogens is 272 g/mol. The van der Waals surface area contributed by atoms with Gasteiger partial charge in [-0.25, -0.2) is 4.79 Å². The summed E-state index contributed by atoms with van der Waals surface area (Å²) in [5.74, 6) is -0.468. The molecule has 0 N–H and O–H groups in total. The average Bonchev–Trinajstić information content (AvgIpc) is 2.47. The quantitative estimate of drug-likeness (QED) is 0.418. The van der Waals surface area contributed by atoms with E-state index in [9.17, 15) is 4.79 Å². The fourth-order valence-electron chi connectivity index (χ4n) is 2.08. The highest BCUT2D eigenvalue weighted by molar-refractivity contribution is 6.82. The molecule has 0 saturated heterocycles. The lowest BCUT2D eigenvalue weighted by Gasteiger charge is -2.34. The van der Waals surface area contributed by atoms with Crippen molar-refractivity contribution in [1.82, 2.24) is 0 Å². The van der Waals surface area contributed by atoms with E-state index in [2.05, 4.69) is 6.58 Å². The number of carbonyl (C=O) groups is 1. The van der Waals surface area contributed by atoms with Crippen molar-refractivity contribution in [1.29, 1.82) is 0 Å². The Morgan fingerprint density at radius 1 is 1.25 bits per heavy atom. The fraction of sp³-hybridized carbons (Fsp3) is 0.400. The van der Waals surface area contributed by atoms with Gasteiger partial charge in [-0.3, -0.25) is 0 Å². The number of esters is 1. The van der Waals surface area contributed by atoms with Crippen molar-refractivity contribution in [3.8, 4) is 0 Å². The zero-order valence-electron chi connectivity index (χ0n) is 12.3. The third-order valence-electron chi connectivity index (χ3n) is 2.89. The van der Waals surface area contributed by atoms with E-state index >= 15 is 0 Å². The average molecular weight is 294 g/mol. The van der Waals surface area contributed by atoms with Crippen molar-refractivity contribution in [3.63, 3.8) is 0 Å². The third-order valence-corrected chi connectivity index (χ3v) is 6.65. The monoisotopic (exact) mass is 294 g/mol. The van der Waals surface area contributed by atoms with Gasteiger partial charge >= 0.3 is 14.5 Å². The number of benzene rings is 1. The molecule has 0 heterocycles. The highest BCUT2D eigenvalue weighted by atomic mass is 28.4. The van der Waals surface area contributed by atoms with E-state index in [0.717, 1.165) is 11.3 Å². The molecule has 1 aromatic carbocycles. The molecule has 0 fully saturated rings. The highest BCUT2D eigenvalue weighted by Gasteiger charge is 2.48. The van der Waals surface area contributed by atoms with Crippen LogP contribution in [0.2, 0.25) is 0 Å². The molecular formula is C15H22O4Si. The van der Waals surface area contributed by atoms with Crippen LogP contribution in [0.3, 0.4) is 0 Å². The first-order valence-corrected chi connectivity index (χ1v) is 8.66. The second kappa shape index (κ2) is 7.99. The minimum Gasteiger partial charge on any atom is -0.457 e. The predicted molar refractivity (Wildman–Crippen MR) is 80.8 cm³/mol. The summed E-state index contributed by atoms with van der Waals surface area (Å²) in [6, 6.07) is 9.70. The van der Waals surface area contributed by atoms with E-state index in [1.165, 1.54) is 0 Å². The molecule has 0 radical (unpaired) electrons. The Labute approximate surface area is 121 Å². The molecule has 0 aliphatic rings. The first-order chi connectivity index (χ1) is 9.60.